The van der Waals surface area contributed by atoms with Crippen LogP contribution < -0.4 is 5.32 Å². The van der Waals surface area contributed by atoms with Gasteiger partial charge in [0.1, 0.15) is 0 Å². The van der Waals surface area contributed by atoms with E-state index in [1.54, 1.807) is 0 Å². The molecule has 0 saturated carbocycles. The topological polar surface area (TPSA) is 12.0 Å². The van der Waals surface area contributed by atoms with Gasteiger partial charge in [0.2, 0.25) is 0 Å². The highest BCUT2D eigenvalue weighted by Gasteiger charge is 2.18. The van der Waals surface area contributed by atoms with Crippen molar-refractivity contribution in [3.8, 4) is 0 Å². The van der Waals surface area contributed by atoms with Crippen LogP contribution in [0.4, 0.5) is 0 Å². The average molecular weight is 261 g/mol. The van der Waals surface area contributed by atoms with Gasteiger partial charge in [-0.15, -0.1) is 0 Å². The van der Waals surface area contributed by atoms with Gasteiger partial charge in [0.25, 0.3) is 0 Å². The van der Waals surface area contributed by atoms with Gasteiger partial charge in [-0.2, -0.15) is 0 Å². The van der Waals surface area contributed by atoms with Gasteiger partial charge in [0.05, 0.1) is 0 Å². The van der Waals surface area contributed by atoms with Gasteiger partial charge in [0, 0.05) is 0 Å². The van der Waals surface area contributed by atoms with E-state index < -0.39 is 0 Å². The Balaban J connectivity index is 2.63. The monoisotopic (exact) mass is 261 g/mol. The zero-order valence-corrected chi connectivity index (χ0v) is 13.2. The van der Waals surface area contributed by atoms with Crippen LogP contribution in [0.15, 0.2) is 24.3 Å². The number of nitrogens with one attached hydrogen (secondary N) is 1. The molecule has 1 rings (SSSR count). The van der Waals surface area contributed by atoms with E-state index in [0.29, 0.717) is 0 Å². The number of rotatable bonds is 9. The molecular weight excluding hydrogens is 230 g/mol. The third-order valence-corrected chi connectivity index (χ3v) is 4.17. The van der Waals surface area contributed by atoms with E-state index in [4.69, 9.17) is 0 Å². The SMILES string of the molecule is CCCNCC(Cc1ccc(C)cc1)C(CC)CC. The van der Waals surface area contributed by atoms with Crippen LogP contribution in [0.3, 0.4) is 0 Å². The molecule has 0 aliphatic carbocycles. The zero-order chi connectivity index (χ0) is 14.1. The molecule has 0 amide bonds. The lowest BCUT2D eigenvalue weighted by Crippen LogP contribution is -2.30. The Morgan fingerprint density at radius 3 is 2.11 bits per heavy atom. The molecule has 0 fully saturated rings. The number of hydrogen-bond donors (Lipinski definition) is 1. The quantitative estimate of drug-likeness (QED) is 0.641. The minimum absolute atomic E-state index is 0.768. The highest BCUT2D eigenvalue weighted by Crippen LogP contribution is 2.23. The van der Waals surface area contributed by atoms with E-state index >= 15 is 0 Å². The van der Waals surface area contributed by atoms with Gasteiger partial charge in [-0.1, -0.05) is 63.4 Å². The highest BCUT2D eigenvalue weighted by atomic mass is 14.9. The molecule has 0 radical (unpaired) electrons. The fraction of sp³-hybridized carbons (Fsp3) is 0.667. The first-order valence-electron chi connectivity index (χ1n) is 7.97. The smallest absolute Gasteiger partial charge is 0.00147 e. The summed E-state index contributed by atoms with van der Waals surface area (Å²) in [5.74, 6) is 1.61. The van der Waals surface area contributed by atoms with Crippen LogP contribution in [0.25, 0.3) is 0 Å². The van der Waals surface area contributed by atoms with Crippen molar-refractivity contribution >= 4 is 0 Å². The van der Waals surface area contributed by atoms with Crippen molar-refractivity contribution in [3.05, 3.63) is 35.4 Å². The van der Waals surface area contributed by atoms with E-state index in [1.165, 1.54) is 36.8 Å². The van der Waals surface area contributed by atoms with Gasteiger partial charge < -0.3 is 5.32 Å². The minimum Gasteiger partial charge on any atom is -0.316 e. The molecule has 0 heterocycles. The first-order valence-corrected chi connectivity index (χ1v) is 7.97. The van der Waals surface area contributed by atoms with Crippen LogP contribution in [-0.4, -0.2) is 13.1 Å². The molecule has 0 saturated heterocycles. The Labute approximate surface area is 119 Å². The predicted octanol–water partition coefficient (Wildman–Crippen LogP) is 4.59. The minimum atomic E-state index is 0.768. The van der Waals surface area contributed by atoms with Crippen molar-refractivity contribution < 1.29 is 0 Å². The molecule has 0 aliphatic heterocycles. The molecule has 108 valence electrons. The fourth-order valence-electron chi connectivity index (χ4n) is 2.85. The van der Waals surface area contributed by atoms with E-state index in [1.807, 2.05) is 0 Å². The first kappa shape index (κ1) is 16.2. The van der Waals surface area contributed by atoms with Crippen molar-refractivity contribution in [2.45, 2.75) is 53.4 Å². The standard InChI is InChI=1S/C18H31N/c1-5-12-19-14-18(17(6-2)7-3)13-16-10-8-15(4)9-11-16/h8-11,17-19H,5-7,12-14H2,1-4H3. The van der Waals surface area contributed by atoms with E-state index in [9.17, 15) is 0 Å². The maximum Gasteiger partial charge on any atom is -0.00147 e. The van der Waals surface area contributed by atoms with E-state index in [2.05, 4.69) is 57.3 Å². The van der Waals surface area contributed by atoms with Crippen molar-refractivity contribution in [2.24, 2.45) is 11.8 Å². The van der Waals surface area contributed by atoms with Gasteiger partial charge in [0.15, 0.2) is 0 Å². The van der Waals surface area contributed by atoms with E-state index in [-0.39, 0.29) is 0 Å². The van der Waals surface area contributed by atoms with Gasteiger partial charge in [-0.3, -0.25) is 0 Å². The Kier molecular flexibility index (Phi) is 7.81. The summed E-state index contributed by atoms with van der Waals surface area (Å²) < 4.78 is 0. The van der Waals surface area contributed by atoms with Crippen molar-refractivity contribution in [1.82, 2.24) is 5.32 Å². The van der Waals surface area contributed by atoms with Crippen LogP contribution in [0.2, 0.25) is 0 Å². The maximum absolute atomic E-state index is 3.62. The predicted molar refractivity (Wildman–Crippen MR) is 85.6 cm³/mol. The van der Waals surface area contributed by atoms with Crippen LogP contribution in [0, 0.1) is 18.8 Å². The second-order valence-corrected chi connectivity index (χ2v) is 5.73. The highest BCUT2D eigenvalue weighted by molar-refractivity contribution is 5.21. The Morgan fingerprint density at radius 2 is 1.58 bits per heavy atom. The second-order valence-electron chi connectivity index (χ2n) is 5.73. The molecule has 1 nitrogen and oxygen atoms in total. The molecule has 0 spiro atoms. The van der Waals surface area contributed by atoms with Crippen molar-refractivity contribution in [3.63, 3.8) is 0 Å². The summed E-state index contributed by atoms with van der Waals surface area (Å²) in [7, 11) is 0. The fourth-order valence-corrected chi connectivity index (χ4v) is 2.85. The summed E-state index contributed by atoms with van der Waals surface area (Å²) >= 11 is 0. The summed E-state index contributed by atoms with van der Waals surface area (Å²) in [5.41, 5.74) is 2.84. The molecule has 1 heteroatoms. The zero-order valence-electron chi connectivity index (χ0n) is 13.2. The lowest BCUT2D eigenvalue weighted by Gasteiger charge is -2.26. The molecule has 0 bridgehead atoms. The maximum atomic E-state index is 3.62. The molecule has 1 N–H and O–H groups in total. The first-order chi connectivity index (χ1) is 9.21. The Bertz CT molecular complexity index is 324. The van der Waals surface area contributed by atoms with Crippen molar-refractivity contribution in [1.29, 1.82) is 0 Å². The summed E-state index contributed by atoms with van der Waals surface area (Å²) in [5, 5.41) is 3.62. The van der Waals surface area contributed by atoms with Crippen LogP contribution >= 0.6 is 0 Å². The molecule has 1 unspecified atom stereocenters. The summed E-state index contributed by atoms with van der Waals surface area (Å²) in [6.07, 6.45) is 5.02. The van der Waals surface area contributed by atoms with Crippen LogP contribution in [-0.2, 0) is 6.42 Å². The molecule has 1 aromatic carbocycles. The Hall–Kier alpha value is -0.820. The second kappa shape index (κ2) is 9.14. The lowest BCUT2D eigenvalue weighted by molar-refractivity contribution is 0.298. The Morgan fingerprint density at radius 1 is 0.947 bits per heavy atom. The summed E-state index contributed by atoms with van der Waals surface area (Å²) in [4.78, 5) is 0. The van der Waals surface area contributed by atoms with Gasteiger partial charge >= 0.3 is 0 Å². The van der Waals surface area contributed by atoms with Crippen LogP contribution in [0.5, 0.6) is 0 Å². The molecule has 0 aliphatic rings. The summed E-state index contributed by atoms with van der Waals surface area (Å²) in [6, 6.07) is 9.06. The number of benzene rings is 1. The third kappa shape index (κ3) is 5.78. The normalized spacial score (nSPS) is 12.9. The number of aryl methyl sites for hydroxylation is 1. The van der Waals surface area contributed by atoms with Crippen LogP contribution in [0.1, 0.15) is 51.2 Å². The molecular formula is C18H31N. The lowest BCUT2D eigenvalue weighted by atomic mass is 9.83. The third-order valence-electron chi connectivity index (χ3n) is 4.17. The van der Waals surface area contributed by atoms with Gasteiger partial charge in [-0.25, -0.2) is 0 Å². The largest absolute Gasteiger partial charge is 0.316 e. The molecule has 0 aromatic heterocycles. The van der Waals surface area contributed by atoms with Gasteiger partial charge in [-0.05, 0) is 50.3 Å². The van der Waals surface area contributed by atoms with Crippen molar-refractivity contribution in [2.75, 3.05) is 13.1 Å². The summed E-state index contributed by atoms with van der Waals surface area (Å²) in [6.45, 7) is 11.4. The van der Waals surface area contributed by atoms with E-state index in [0.717, 1.165) is 24.9 Å². The average Bonchev–Trinajstić information content (AvgIpc) is 2.42. The molecule has 19 heavy (non-hydrogen) atoms. The number of hydrogen-bond acceptors (Lipinski definition) is 1. The molecule has 1 aromatic rings. The molecule has 1 atom stereocenters.